The van der Waals surface area contributed by atoms with Gasteiger partial charge in [-0.05, 0) is 32.4 Å². The maximum absolute atomic E-state index is 10.5. The van der Waals surface area contributed by atoms with Crippen molar-refractivity contribution in [1.82, 2.24) is 0 Å². The quantitative estimate of drug-likeness (QED) is 0.795. The highest BCUT2D eigenvalue weighted by atomic mass is 16.3. The molecular weight excluding hydrogens is 186 g/mol. The van der Waals surface area contributed by atoms with Gasteiger partial charge in [-0.15, -0.1) is 0 Å². The number of nitrogens with two attached hydrogens (primary N) is 1. The molecule has 1 rings (SSSR count). The van der Waals surface area contributed by atoms with Gasteiger partial charge in [-0.1, -0.05) is 36.8 Å². The zero-order chi connectivity index (χ0) is 11.5. The lowest BCUT2D eigenvalue weighted by Gasteiger charge is -2.32. The van der Waals surface area contributed by atoms with Crippen LogP contribution in [0, 0.1) is 12.8 Å². The number of aliphatic hydroxyl groups is 1. The summed E-state index contributed by atoms with van der Waals surface area (Å²) < 4.78 is 0. The summed E-state index contributed by atoms with van der Waals surface area (Å²) in [5.74, 6) is 0.111. The van der Waals surface area contributed by atoms with Gasteiger partial charge in [-0.3, -0.25) is 0 Å². The first-order valence-electron chi connectivity index (χ1n) is 5.52. The van der Waals surface area contributed by atoms with Gasteiger partial charge in [-0.25, -0.2) is 0 Å². The Bertz CT molecular complexity index is 299. The molecule has 1 aromatic rings. The van der Waals surface area contributed by atoms with Crippen LogP contribution in [0.5, 0.6) is 0 Å². The topological polar surface area (TPSA) is 46.2 Å². The Morgan fingerprint density at radius 3 is 2.27 bits per heavy atom. The summed E-state index contributed by atoms with van der Waals surface area (Å²) in [5, 5.41) is 10.5. The smallest absolute Gasteiger partial charge is 0.0908 e. The Morgan fingerprint density at radius 2 is 1.87 bits per heavy atom. The van der Waals surface area contributed by atoms with Crippen molar-refractivity contribution in [3.63, 3.8) is 0 Å². The number of hydrogen-bond donors (Lipinski definition) is 2. The van der Waals surface area contributed by atoms with E-state index in [4.69, 9.17) is 5.73 Å². The SMILES string of the molecule is CCC(CN)C(C)(O)c1ccc(C)cc1. The summed E-state index contributed by atoms with van der Waals surface area (Å²) in [7, 11) is 0. The van der Waals surface area contributed by atoms with Crippen LogP contribution in [0.4, 0.5) is 0 Å². The largest absolute Gasteiger partial charge is 0.385 e. The fourth-order valence-corrected chi connectivity index (χ4v) is 1.92. The average molecular weight is 207 g/mol. The molecule has 0 saturated carbocycles. The number of hydrogen-bond acceptors (Lipinski definition) is 2. The van der Waals surface area contributed by atoms with E-state index in [2.05, 4.69) is 6.92 Å². The van der Waals surface area contributed by atoms with Crippen LogP contribution < -0.4 is 5.73 Å². The van der Waals surface area contributed by atoms with Gasteiger partial charge in [0.15, 0.2) is 0 Å². The lowest BCUT2D eigenvalue weighted by molar-refractivity contribution is -0.00403. The molecule has 1 aromatic carbocycles. The van der Waals surface area contributed by atoms with Gasteiger partial charge in [0.1, 0.15) is 0 Å². The molecule has 2 unspecified atom stereocenters. The van der Waals surface area contributed by atoms with E-state index in [-0.39, 0.29) is 5.92 Å². The van der Waals surface area contributed by atoms with E-state index in [0.29, 0.717) is 6.54 Å². The Kier molecular flexibility index (Phi) is 3.89. The molecule has 2 nitrogen and oxygen atoms in total. The second-order valence-electron chi connectivity index (χ2n) is 4.35. The molecule has 0 heterocycles. The van der Waals surface area contributed by atoms with Crippen LogP contribution in [-0.4, -0.2) is 11.7 Å². The maximum Gasteiger partial charge on any atom is 0.0908 e. The third-order valence-corrected chi connectivity index (χ3v) is 3.21. The lowest BCUT2D eigenvalue weighted by atomic mass is 9.81. The molecular formula is C13H21NO. The average Bonchev–Trinajstić information content (AvgIpc) is 2.19. The predicted octanol–water partition coefficient (Wildman–Crippen LogP) is 2.19. The number of aryl methyl sites for hydroxylation is 1. The Morgan fingerprint density at radius 1 is 1.33 bits per heavy atom. The maximum atomic E-state index is 10.5. The zero-order valence-electron chi connectivity index (χ0n) is 9.83. The molecule has 0 fully saturated rings. The third kappa shape index (κ3) is 2.58. The molecule has 0 radical (unpaired) electrons. The Labute approximate surface area is 92.1 Å². The van der Waals surface area contributed by atoms with Crippen molar-refractivity contribution < 1.29 is 5.11 Å². The van der Waals surface area contributed by atoms with Crippen molar-refractivity contribution in [3.05, 3.63) is 35.4 Å². The Balaban J connectivity index is 2.98. The van der Waals surface area contributed by atoms with E-state index in [1.807, 2.05) is 38.1 Å². The summed E-state index contributed by atoms with van der Waals surface area (Å²) in [6.45, 7) is 6.45. The van der Waals surface area contributed by atoms with E-state index in [0.717, 1.165) is 12.0 Å². The van der Waals surface area contributed by atoms with Gasteiger partial charge in [-0.2, -0.15) is 0 Å². The first kappa shape index (κ1) is 12.2. The first-order valence-corrected chi connectivity index (χ1v) is 5.52. The van der Waals surface area contributed by atoms with Crippen LogP contribution in [0.2, 0.25) is 0 Å². The number of rotatable bonds is 4. The molecule has 15 heavy (non-hydrogen) atoms. The molecule has 0 spiro atoms. The predicted molar refractivity (Wildman–Crippen MR) is 63.6 cm³/mol. The normalized spacial score (nSPS) is 17.1. The van der Waals surface area contributed by atoms with Crippen molar-refractivity contribution in [3.8, 4) is 0 Å². The minimum atomic E-state index is -0.822. The van der Waals surface area contributed by atoms with Crippen LogP contribution in [0.1, 0.15) is 31.4 Å². The van der Waals surface area contributed by atoms with Crippen LogP contribution >= 0.6 is 0 Å². The van der Waals surface area contributed by atoms with Gasteiger partial charge in [0.05, 0.1) is 5.60 Å². The molecule has 0 aromatic heterocycles. The van der Waals surface area contributed by atoms with Crippen molar-refractivity contribution in [2.24, 2.45) is 11.7 Å². The van der Waals surface area contributed by atoms with E-state index in [1.165, 1.54) is 5.56 Å². The minimum absolute atomic E-state index is 0.111. The monoisotopic (exact) mass is 207 g/mol. The lowest BCUT2D eigenvalue weighted by Crippen LogP contribution is -2.36. The van der Waals surface area contributed by atoms with Gasteiger partial charge in [0.25, 0.3) is 0 Å². The molecule has 0 saturated heterocycles. The van der Waals surface area contributed by atoms with Gasteiger partial charge >= 0.3 is 0 Å². The summed E-state index contributed by atoms with van der Waals surface area (Å²) in [6.07, 6.45) is 0.886. The highest BCUT2D eigenvalue weighted by Crippen LogP contribution is 2.30. The molecule has 3 N–H and O–H groups in total. The standard InChI is InChI=1S/C13H21NO/c1-4-11(9-14)13(3,15)12-7-5-10(2)6-8-12/h5-8,11,15H,4,9,14H2,1-3H3. The summed E-state index contributed by atoms with van der Waals surface area (Å²) >= 11 is 0. The van der Waals surface area contributed by atoms with E-state index in [1.54, 1.807) is 0 Å². The van der Waals surface area contributed by atoms with Crippen molar-refractivity contribution in [2.45, 2.75) is 32.8 Å². The van der Waals surface area contributed by atoms with Crippen molar-refractivity contribution in [2.75, 3.05) is 6.54 Å². The highest BCUT2D eigenvalue weighted by molar-refractivity contribution is 5.26. The van der Waals surface area contributed by atoms with Crippen molar-refractivity contribution in [1.29, 1.82) is 0 Å². The summed E-state index contributed by atoms with van der Waals surface area (Å²) in [5.41, 5.74) is 7.01. The minimum Gasteiger partial charge on any atom is -0.385 e. The molecule has 2 heteroatoms. The highest BCUT2D eigenvalue weighted by Gasteiger charge is 2.31. The molecule has 2 atom stereocenters. The van der Waals surface area contributed by atoms with Gasteiger partial charge in [0.2, 0.25) is 0 Å². The summed E-state index contributed by atoms with van der Waals surface area (Å²) in [4.78, 5) is 0. The molecule has 0 aliphatic rings. The van der Waals surface area contributed by atoms with Crippen molar-refractivity contribution >= 4 is 0 Å². The third-order valence-electron chi connectivity index (χ3n) is 3.21. The van der Waals surface area contributed by atoms with Gasteiger partial charge in [0, 0.05) is 5.92 Å². The second-order valence-corrected chi connectivity index (χ2v) is 4.35. The van der Waals surface area contributed by atoms with E-state index >= 15 is 0 Å². The second kappa shape index (κ2) is 4.77. The Hall–Kier alpha value is -0.860. The van der Waals surface area contributed by atoms with Crippen LogP contribution in [0.25, 0.3) is 0 Å². The molecule has 0 aliphatic carbocycles. The molecule has 0 amide bonds. The molecule has 0 bridgehead atoms. The summed E-state index contributed by atoms with van der Waals surface area (Å²) in [6, 6.07) is 8.00. The number of benzene rings is 1. The van der Waals surface area contributed by atoms with E-state index < -0.39 is 5.60 Å². The van der Waals surface area contributed by atoms with Crippen LogP contribution in [0.3, 0.4) is 0 Å². The van der Waals surface area contributed by atoms with E-state index in [9.17, 15) is 5.11 Å². The molecule has 0 aliphatic heterocycles. The zero-order valence-corrected chi connectivity index (χ0v) is 9.83. The van der Waals surface area contributed by atoms with Crippen LogP contribution in [0.15, 0.2) is 24.3 Å². The fourth-order valence-electron chi connectivity index (χ4n) is 1.92. The first-order chi connectivity index (χ1) is 7.02. The van der Waals surface area contributed by atoms with Crippen LogP contribution in [-0.2, 0) is 5.60 Å². The fraction of sp³-hybridized carbons (Fsp3) is 0.538. The van der Waals surface area contributed by atoms with Gasteiger partial charge < -0.3 is 10.8 Å². The molecule has 84 valence electrons.